The van der Waals surface area contributed by atoms with Crippen LogP contribution in [-0.2, 0) is 11.2 Å². The van der Waals surface area contributed by atoms with Gasteiger partial charge < -0.3 is 4.42 Å². The standard InChI is InChI=1S/C9H10O2/c1-2-4-8(10)7-9-5-3-6-11-9/h2-3,5-6H,1,4,7H2. The monoisotopic (exact) mass is 150 g/mol. The Morgan fingerprint density at radius 2 is 2.55 bits per heavy atom. The van der Waals surface area contributed by atoms with E-state index in [0.717, 1.165) is 5.76 Å². The summed E-state index contributed by atoms with van der Waals surface area (Å²) in [4.78, 5) is 11.0. The van der Waals surface area contributed by atoms with Crippen molar-refractivity contribution >= 4 is 5.78 Å². The van der Waals surface area contributed by atoms with Gasteiger partial charge in [-0.25, -0.2) is 0 Å². The fourth-order valence-electron chi connectivity index (χ4n) is 0.841. The van der Waals surface area contributed by atoms with Crippen molar-refractivity contribution in [3.8, 4) is 0 Å². The van der Waals surface area contributed by atoms with Crippen molar-refractivity contribution < 1.29 is 9.21 Å². The number of Topliss-reactive ketones (excluding diaryl/α,β-unsaturated/α-hetero) is 1. The van der Waals surface area contributed by atoms with Crippen LogP contribution in [0.2, 0.25) is 0 Å². The van der Waals surface area contributed by atoms with Crippen LogP contribution in [0.25, 0.3) is 0 Å². The molecule has 0 N–H and O–H groups in total. The first kappa shape index (κ1) is 7.79. The summed E-state index contributed by atoms with van der Waals surface area (Å²) in [6.45, 7) is 3.48. The van der Waals surface area contributed by atoms with Crippen molar-refractivity contribution in [1.29, 1.82) is 0 Å². The third-order valence-corrected chi connectivity index (χ3v) is 1.32. The van der Waals surface area contributed by atoms with Gasteiger partial charge in [-0.15, -0.1) is 6.58 Å². The third kappa shape index (κ3) is 2.42. The molecule has 0 amide bonds. The maximum atomic E-state index is 11.0. The Morgan fingerprint density at radius 3 is 3.09 bits per heavy atom. The molecule has 0 saturated heterocycles. The lowest BCUT2D eigenvalue weighted by Gasteiger charge is -1.91. The molecule has 0 atom stereocenters. The lowest BCUT2D eigenvalue weighted by atomic mass is 10.2. The molecule has 0 aliphatic heterocycles. The Labute approximate surface area is 65.5 Å². The average molecular weight is 150 g/mol. The van der Waals surface area contributed by atoms with Crippen LogP contribution in [0.5, 0.6) is 0 Å². The van der Waals surface area contributed by atoms with Crippen LogP contribution in [0.15, 0.2) is 35.5 Å². The van der Waals surface area contributed by atoms with Crippen LogP contribution in [-0.4, -0.2) is 5.78 Å². The van der Waals surface area contributed by atoms with Gasteiger partial charge in [0.2, 0.25) is 0 Å². The van der Waals surface area contributed by atoms with Gasteiger partial charge in [0.15, 0.2) is 0 Å². The Hall–Kier alpha value is -1.31. The summed E-state index contributed by atoms with van der Waals surface area (Å²) in [5, 5.41) is 0. The van der Waals surface area contributed by atoms with Crippen molar-refractivity contribution in [3.05, 3.63) is 36.8 Å². The maximum absolute atomic E-state index is 11.0. The summed E-state index contributed by atoms with van der Waals surface area (Å²) in [7, 11) is 0. The summed E-state index contributed by atoms with van der Waals surface area (Å²) in [6, 6.07) is 3.57. The van der Waals surface area contributed by atoms with E-state index in [0.29, 0.717) is 12.8 Å². The van der Waals surface area contributed by atoms with Gasteiger partial charge in [-0.05, 0) is 12.1 Å². The molecule has 0 spiro atoms. The van der Waals surface area contributed by atoms with Gasteiger partial charge >= 0.3 is 0 Å². The minimum atomic E-state index is 0.134. The average Bonchev–Trinajstić information content (AvgIpc) is 2.40. The van der Waals surface area contributed by atoms with E-state index in [1.54, 1.807) is 24.5 Å². The summed E-state index contributed by atoms with van der Waals surface area (Å²) in [5.41, 5.74) is 0. The molecule has 11 heavy (non-hydrogen) atoms. The molecular weight excluding hydrogens is 140 g/mol. The van der Waals surface area contributed by atoms with Crippen LogP contribution in [0.1, 0.15) is 12.2 Å². The summed E-state index contributed by atoms with van der Waals surface area (Å²) >= 11 is 0. The van der Waals surface area contributed by atoms with Crippen LogP contribution < -0.4 is 0 Å². The van der Waals surface area contributed by atoms with Gasteiger partial charge in [-0.2, -0.15) is 0 Å². The molecule has 0 saturated carbocycles. The van der Waals surface area contributed by atoms with Crippen LogP contribution in [0.3, 0.4) is 0 Å². The van der Waals surface area contributed by atoms with Gasteiger partial charge in [-0.1, -0.05) is 6.08 Å². The topological polar surface area (TPSA) is 30.2 Å². The fourth-order valence-corrected chi connectivity index (χ4v) is 0.841. The molecule has 0 aliphatic carbocycles. The Bertz CT molecular complexity index is 234. The number of allylic oxidation sites excluding steroid dienone is 1. The SMILES string of the molecule is C=CCC(=O)Cc1ccco1. The second-order valence-electron chi connectivity index (χ2n) is 2.29. The molecule has 0 aromatic carbocycles. The van der Waals surface area contributed by atoms with E-state index in [2.05, 4.69) is 6.58 Å². The minimum Gasteiger partial charge on any atom is -0.469 e. The molecule has 0 aliphatic rings. The molecule has 1 heterocycles. The highest BCUT2D eigenvalue weighted by Gasteiger charge is 2.02. The van der Waals surface area contributed by atoms with Crippen LogP contribution in [0.4, 0.5) is 0 Å². The molecular formula is C9H10O2. The molecule has 58 valence electrons. The quantitative estimate of drug-likeness (QED) is 0.614. The zero-order valence-electron chi connectivity index (χ0n) is 6.25. The first-order chi connectivity index (χ1) is 5.33. The van der Waals surface area contributed by atoms with E-state index in [9.17, 15) is 4.79 Å². The van der Waals surface area contributed by atoms with Gasteiger partial charge in [0.1, 0.15) is 11.5 Å². The second-order valence-corrected chi connectivity index (χ2v) is 2.29. The van der Waals surface area contributed by atoms with Crippen molar-refractivity contribution in [2.75, 3.05) is 0 Å². The molecule has 1 aromatic heterocycles. The second kappa shape index (κ2) is 3.76. The largest absolute Gasteiger partial charge is 0.469 e. The number of hydrogen-bond acceptors (Lipinski definition) is 2. The number of rotatable bonds is 4. The van der Waals surface area contributed by atoms with Crippen molar-refractivity contribution in [1.82, 2.24) is 0 Å². The number of furan rings is 1. The van der Waals surface area contributed by atoms with Crippen molar-refractivity contribution in [2.24, 2.45) is 0 Å². The molecule has 0 fully saturated rings. The van der Waals surface area contributed by atoms with E-state index in [1.165, 1.54) is 0 Å². The zero-order chi connectivity index (χ0) is 8.10. The molecule has 1 aromatic rings. The van der Waals surface area contributed by atoms with Gasteiger partial charge in [0, 0.05) is 6.42 Å². The fraction of sp³-hybridized carbons (Fsp3) is 0.222. The Kier molecular flexibility index (Phi) is 2.66. The molecule has 2 heteroatoms. The van der Waals surface area contributed by atoms with E-state index in [-0.39, 0.29) is 5.78 Å². The molecule has 0 unspecified atom stereocenters. The molecule has 2 nitrogen and oxygen atoms in total. The van der Waals surface area contributed by atoms with Crippen molar-refractivity contribution in [3.63, 3.8) is 0 Å². The first-order valence-electron chi connectivity index (χ1n) is 3.48. The third-order valence-electron chi connectivity index (χ3n) is 1.32. The molecule has 0 bridgehead atoms. The summed E-state index contributed by atoms with van der Waals surface area (Å²) < 4.78 is 5.00. The lowest BCUT2D eigenvalue weighted by molar-refractivity contribution is -0.117. The summed E-state index contributed by atoms with van der Waals surface area (Å²) in [5.74, 6) is 0.854. The van der Waals surface area contributed by atoms with Gasteiger partial charge in [0.05, 0.1) is 12.7 Å². The van der Waals surface area contributed by atoms with E-state index in [4.69, 9.17) is 4.42 Å². The highest BCUT2D eigenvalue weighted by molar-refractivity contribution is 5.81. The minimum absolute atomic E-state index is 0.134. The van der Waals surface area contributed by atoms with Crippen LogP contribution >= 0.6 is 0 Å². The molecule has 1 rings (SSSR count). The van der Waals surface area contributed by atoms with E-state index in [1.807, 2.05) is 0 Å². The first-order valence-corrected chi connectivity index (χ1v) is 3.48. The number of carbonyl (C=O) groups excluding carboxylic acids is 1. The smallest absolute Gasteiger partial charge is 0.144 e. The Morgan fingerprint density at radius 1 is 1.73 bits per heavy atom. The van der Waals surface area contributed by atoms with Crippen molar-refractivity contribution in [2.45, 2.75) is 12.8 Å². The van der Waals surface area contributed by atoms with Gasteiger partial charge in [0.25, 0.3) is 0 Å². The van der Waals surface area contributed by atoms with Gasteiger partial charge in [-0.3, -0.25) is 4.79 Å². The van der Waals surface area contributed by atoms with Crippen LogP contribution in [0, 0.1) is 0 Å². The number of hydrogen-bond donors (Lipinski definition) is 0. The highest BCUT2D eigenvalue weighted by atomic mass is 16.3. The lowest BCUT2D eigenvalue weighted by Crippen LogP contribution is -1.98. The molecule has 0 radical (unpaired) electrons. The number of carbonyl (C=O) groups is 1. The van der Waals surface area contributed by atoms with E-state index >= 15 is 0 Å². The summed E-state index contributed by atoms with van der Waals surface area (Å²) in [6.07, 6.45) is 3.96. The maximum Gasteiger partial charge on any atom is 0.144 e. The normalized spacial score (nSPS) is 9.45. The zero-order valence-corrected chi connectivity index (χ0v) is 6.25. The predicted molar refractivity (Wildman–Crippen MR) is 42.2 cm³/mol. The Balaban J connectivity index is 2.43. The predicted octanol–water partition coefficient (Wildman–Crippen LogP) is 1.97. The highest BCUT2D eigenvalue weighted by Crippen LogP contribution is 2.02. The number of ketones is 1. The van der Waals surface area contributed by atoms with E-state index < -0.39 is 0 Å².